The molecule has 17 heavy (non-hydrogen) atoms. The molecule has 0 aromatic heterocycles. The molecule has 1 heterocycles. The summed E-state index contributed by atoms with van der Waals surface area (Å²) in [7, 11) is 0. The Bertz CT molecular complexity index is 458. The fourth-order valence-electron chi connectivity index (χ4n) is 2.54. The van der Waals surface area contributed by atoms with Crippen LogP contribution in [0.25, 0.3) is 0 Å². The summed E-state index contributed by atoms with van der Waals surface area (Å²) in [6.07, 6.45) is 6.11. The van der Waals surface area contributed by atoms with Crippen molar-refractivity contribution in [3.8, 4) is 0 Å². The first-order valence-electron chi connectivity index (χ1n) is 5.97. The minimum atomic E-state index is -0.229. The zero-order chi connectivity index (χ0) is 11.7. The molecule has 0 N–H and O–H groups in total. The van der Waals surface area contributed by atoms with E-state index in [-0.39, 0.29) is 26.5 Å². The zero-order valence-electron chi connectivity index (χ0n) is 9.52. The number of carbonyl (C=O) groups excluding carboxylic acids is 1. The SMILES string of the molecule is O=C1C=C([Se]c2ccccc2)C2(CCCC2)O1. The molecule has 1 aliphatic carbocycles. The molecule has 0 unspecified atom stereocenters. The van der Waals surface area contributed by atoms with Crippen molar-refractivity contribution in [1.29, 1.82) is 0 Å². The van der Waals surface area contributed by atoms with Crippen molar-refractivity contribution in [2.45, 2.75) is 31.3 Å². The van der Waals surface area contributed by atoms with Gasteiger partial charge in [0.2, 0.25) is 0 Å². The summed E-state index contributed by atoms with van der Waals surface area (Å²) >= 11 is 0.220. The van der Waals surface area contributed by atoms with Gasteiger partial charge in [-0.3, -0.25) is 0 Å². The average Bonchev–Trinajstić information content (AvgIpc) is 2.90. The third-order valence-corrected chi connectivity index (χ3v) is 5.93. The van der Waals surface area contributed by atoms with Crippen LogP contribution in [0.1, 0.15) is 25.7 Å². The molecule has 3 heteroatoms. The predicted octanol–water partition coefficient (Wildman–Crippen LogP) is 1.77. The van der Waals surface area contributed by atoms with Crippen LogP contribution in [0.2, 0.25) is 0 Å². The van der Waals surface area contributed by atoms with Crippen LogP contribution in [-0.2, 0) is 9.53 Å². The zero-order valence-corrected chi connectivity index (χ0v) is 11.2. The molecule has 2 aliphatic rings. The standard InChI is InChI=1S/C14H14O2Se/c15-13-10-12(14(16-13)8-4-5-9-14)17-11-6-2-1-3-7-11/h1-3,6-7,10H,4-5,8-9H2. The van der Waals surface area contributed by atoms with Crippen molar-refractivity contribution in [3.05, 3.63) is 40.9 Å². The molecule has 1 saturated carbocycles. The fraction of sp³-hybridized carbons (Fsp3) is 0.357. The van der Waals surface area contributed by atoms with E-state index < -0.39 is 0 Å². The Kier molecular flexibility index (Phi) is 2.81. The first-order chi connectivity index (χ1) is 8.28. The Morgan fingerprint density at radius 2 is 1.82 bits per heavy atom. The van der Waals surface area contributed by atoms with Gasteiger partial charge >= 0.3 is 107 Å². The number of benzene rings is 1. The molecule has 1 aromatic carbocycles. The Labute approximate surface area is 107 Å². The third kappa shape index (κ3) is 2.05. The number of esters is 1. The van der Waals surface area contributed by atoms with Crippen molar-refractivity contribution in [3.63, 3.8) is 0 Å². The van der Waals surface area contributed by atoms with Gasteiger partial charge in [-0.15, -0.1) is 0 Å². The van der Waals surface area contributed by atoms with Gasteiger partial charge in [0.05, 0.1) is 0 Å². The maximum absolute atomic E-state index is 11.5. The number of hydrogen-bond donors (Lipinski definition) is 0. The number of rotatable bonds is 2. The quantitative estimate of drug-likeness (QED) is 0.613. The monoisotopic (exact) mass is 294 g/mol. The van der Waals surface area contributed by atoms with Crippen molar-refractivity contribution in [1.82, 2.24) is 0 Å². The molecule has 0 radical (unpaired) electrons. The van der Waals surface area contributed by atoms with E-state index in [0.717, 1.165) is 12.8 Å². The van der Waals surface area contributed by atoms with E-state index in [0.29, 0.717) is 0 Å². The molecule has 1 aromatic rings. The van der Waals surface area contributed by atoms with Crippen molar-refractivity contribution in [2.24, 2.45) is 0 Å². The first kappa shape index (κ1) is 11.1. The fourth-order valence-corrected chi connectivity index (χ4v) is 4.92. The molecular formula is C14H14O2Se. The van der Waals surface area contributed by atoms with Crippen LogP contribution in [0, 0.1) is 0 Å². The summed E-state index contributed by atoms with van der Waals surface area (Å²) in [6.45, 7) is 0. The molecule has 1 aliphatic heterocycles. The molecule has 0 amide bonds. The van der Waals surface area contributed by atoms with Gasteiger partial charge < -0.3 is 0 Å². The van der Waals surface area contributed by atoms with Crippen LogP contribution in [0.3, 0.4) is 0 Å². The van der Waals surface area contributed by atoms with Crippen LogP contribution >= 0.6 is 0 Å². The van der Waals surface area contributed by atoms with Gasteiger partial charge in [-0.25, -0.2) is 0 Å². The van der Waals surface area contributed by atoms with Gasteiger partial charge in [-0.05, 0) is 0 Å². The van der Waals surface area contributed by atoms with Gasteiger partial charge in [-0.1, -0.05) is 0 Å². The second-order valence-corrected chi connectivity index (χ2v) is 6.89. The minimum absolute atomic E-state index is 0.139. The van der Waals surface area contributed by atoms with Gasteiger partial charge in [-0.2, -0.15) is 0 Å². The second-order valence-electron chi connectivity index (χ2n) is 4.55. The summed E-state index contributed by atoms with van der Waals surface area (Å²) in [4.78, 5) is 11.5. The molecule has 0 bridgehead atoms. The Balaban J connectivity index is 1.86. The van der Waals surface area contributed by atoms with Crippen LogP contribution in [0.15, 0.2) is 40.9 Å². The molecule has 1 spiro atoms. The van der Waals surface area contributed by atoms with E-state index >= 15 is 0 Å². The third-order valence-electron chi connectivity index (χ3n) is 3.38. The summed E-state index contributed by atoms with van der Waals surface area (Å²) in [5.41, 5.74) is -0.229. The van der Waals surface area contributed by atoms with E-state index in [4.69, 9.17) is 4.74 Å². The number of hydrogen-bond acceptors (Lipinski definition) is 2. The summed E-state index contributed by atoms with van der Waals surface area (Å²) < 4.78 is 8.13. The topological polar surface area (TPSA) is 26.3 Å². The summed E-state index contributed by atoms with van der Waals surface area (Å²) in [6, 6.07) is 10.4. The van der Waals surface area contributed by atoms with Crippen LogP contribution in [-0.4, -0.2) is 26.5 Å². The molecule has 1 fully saturated rings. The van der Waals surface area contributed by atoms with Crippen molar-refractivity contribution in [2.75, 3.05) is 0 Å². The summed E-state index contributed by atoms with van der Waals surface area (Å²) in [5.74, 6) is -0.139. The molecule has 0 saturated heterocycles. The van der Waals surface area contributed by atoms with Crippen LogP contribution in [0.4, 0.5) is 0 Å². The molecule has 88 valence electrons. The van der Waals surface area contributed by atoms with Crippen molar-refractivity contribution < 1.29 is 9.53 Å². The van der Waals surface area contributed by atoms with Gasteiger partial charge in [0.15, 0.2) is 0 Å². The van der Waals surface area contributed by atoms with E-state index in [9.17, 15) is 4.79 Å². The summed E-state index contributed by atoms with van der Waals surface area (Å²) in [5, 5.41) is 0. The van der Waals surface area contributed by atoms with E-state index in [1.165, 1.54) is 21.8 Å². The van der Waals surface area contributed by atoms with Gasteiger partial charge in [0.25, 0.3) is 0 Å². The van der Waals surface area contributed by atoms with Crippen LogP contribution < -0.4 is 4.46 Å². The van der Waals surface area contributed by atoms with E-state index in [1.54, 1.807) is 6.08 Å². The maximum atomic E-state index is 11.5. The average molecular weight is 293 g/mol. The molecule has 0 atom stereocenters. The van der Waals surface area contributed by atoms with Gasteiger partial charge in [0.1, 0.15) is 0 Å². The normalized spacial score (nSPS) is 21.6. The predicted molar refractivity (Wildman–Crippen MR) is 67.2 cm³/mol. The molecular weight excluding hydrogens is 279 g/mol. The Morgan fingerprint density at radius 3 is 2.53 bits per heavy atom. The first-order valence-corrected chi connectivity index (χ1v) is 7.68. The second kappa shape index (κ2) is 4.32. The van der Waals surface area contributed by atoms with Crippen LogP contribution in [0.5, 0.6) is 0 Å². The number of carbonyl (C=O) groups is 1. The molecule has 3 rings (SSSR count). The van der Waals surface area contributed by atoms with Gasteiger partial charge in [0, 0.05) is 0 Å². The Hall–Kier alpha value is -1.05. The number of ether oxygens (including phenoxy) is 1. The van der Waals surface area contributed by atoms with E-state index in [2.05, 4.69) is 24.3 Å². The molecule has 2 nitrogen and oxygen atoms in total. The Morgan fingerprint density at radius 1 is 1.12 bits per heavy atom. The van der Waals surface area contributed by atoms with E-state index in [1.807, 2.05) is 6.07 Å². The van der Waals surface area contributed by atoms with Crippen molar-refractivity contribution >= 4 is 25.4 Å².